The lowest BCUT2D eigenvalue weighted by molar-refractivity contribution is 1.31. The van der Waals surface area contributed by atoms with Crippen molar-refractivity contribution in [2.45, 2.75) is 6.92 Å². The van der Waals surface area contributed by atoms with Crippen LogP contribution in [0.1, 0.15) is 5.56 Å². The highest BCUT2D eigenvalue weighted by Crippen LogP contribution is 2.38. The van der Waals surface area contributed by atoms with Gasteiger partial charge in [0.15, 0.2) is 0 Å². The normalized spacial score (nSPS) is 11.4. The van der Waals surface area contributed by atoms with Crippen molar-refractivity contribution in [3.63, 3.8) is 0 Å². The Morgan fingerprint density at radius 2 is 0.935 bits per heavy atom. The van der Waals surface area contributed by atoms with Gasteiger partial charge in [0.2, 0.25) is 0 Å². The zero-order chi connectivity index (χ0) is 20.8. The average molecular weight is 396 g/mol. The quantitative estimate of drug-likeness (QED) is 0.282. The van der Waals surface area contributed by atoms with Crippen LogP contribution in [0, 0.1) is 6.92 Å². The molecule has 31 heavy (non-hydrogen) atoms. The number of hydrogen-bond acceptors (Lipinski definition) is 2. The predicted molar refractivity (Wildman–Crippen MR) is 130 cm³/mol. The van der Waals surface area contributed by atoms with Crippen LogP contribution in [-0.2, 0) is 0 Å². The van der Waals surface area contributed by atoms with E-state index in [0.717, 1.165) is 44.3 Å². The number of benzene rings is 5. The molecular formula is C29H20N2. The molecule has 0 saturated carbocycles. The summed E-state index contributed by atoms with van der Waals surface area (Å²) in [5, 5.41) is 4.72. The molecule has 0 spiro atoms. The van der Waals surface area contributed by atoms with Gasteiger partial charge in [-0.2, -0.15) is 0 Å². The maximum absolute atomic E-state index is 5.27. The fraction of sp³-hybridized carbons (Fsp3) is 0.0345. The Bertz CT molecular complexity index is 1570. The first-order valence-corrected chi connectivity index (χ1v) is 10.5. The molecular weight excluding hydrogens is 376 g/mol. The lowest BCUT2D eigenvalue weighted by atomic mass is 9.97. The molecule has 0 radical (unpaired) electrons. The zero-order valence-electron chi connectivity index (χ0n) is 17.2. The van der Waals surface area contributed by atoms with Gasteiger partial charge in [-0.05, 0) is 17.7 Å². The SMILES string of the molecule is Cc1ccc2c(c1)c1ccccc1c1nc(-c3ccccc3)c(-c3ccccc3)nc21. The van der Waals surface area contributed by atoms with Gasteiger partial charge in [-0.25, -0.2) is 9.97 Å². The first-order chi connectivity index (χ1) is 15.3. The Labute approximate surface area is 180 Å². The van der Waals surface area contributed by atoms with Crippen molar-refractivity contribution in [1.82, 2.24) is 9.97 Å². The number of hydrogen-bond donors (Lipinski definition) is 0. The Balaban J connectivity index is 1.83. The topological polar surface area (TPSA) is 25.8 Å². The Hall–Kier alpha value is -4.04. The molecule has 6 aromatic rings. The van der Waals surface area contributed by atoms with Crippen LogP contribution in [0.15, 0.2) is 103 Å². The van der Waals surface area contributed by atoms with Crippen LogP contribution in [0.2, 0.25) is 0 Å². The standard InChI is InChI=1S/C29H20N2/c1-19-16-17-24-25(18-19)22-14-8-9-15-23(22)28-29(24)31-27(21-12-6-3-7-13-21)26(30-28)20-10-4-2-5-11-20/h2-18H,1H3. The number of fused-ring (bicyclic) bond motifs is 6. The Kier molecular flexibility index (Phi) is 4.03. The summed E-state index contributed by atoms with van der Waals surface area (Å²) in [7, 11) is 0. The van der Waals surface area contributed by atoms with E-state index in [2.05, 4.69) is 97.9 Å². The molecule has 0 bridgehead atoms. The van der Waals surface area contributed by atoms with E-state index in [1.807, 2.05) is 12.1 Å². The van der Waals surface area contributed by atoms with Crippen molar-refractivity contribution < 1.29 is 0 Å². The lowest BCUT2D eigenvalue weighted by Gasteiger charge is -2.14. The number of rotatable bonds is 2. The van der Waals surface area contributed by atoms with Crippen molar-refractivity contribution in [2.75, 3.05) is 0 Å². The van der Waals surface area contributed by atoms with Crippen LogP contribution in [0.3, 0.4) is 0 Å². The van der Waals surface area contributed by atoms with Crippen molar-refractivity contribution in [3.8, 4) is 22.5 Å². The van der Waals surface area contributed by atoms with Gasteiger partial charge in [0.25, 0.3) is 0 Å². The second-order valence-corrected chi connectivity index (χ2v) is 7.94. The van der Waals surface area contributed by atoms with E-state index in [1.165, 1.54) is 16.3 Å². The first-order valence-electron chi connectivity index (χ1n) is 10.5. The largest absolute Gasteiger partial charge is 0.243 e. The molecule has 2 nitrogen and oxygen atoms in total. The van der Waals surface area contributed by atoms with Gasteiger partial charge in [0.1, 0.15) is 0 Å². The third-order valence-corrected chi connectivity index (χ3v) is 5.89. The van der Waals surface area contributed by atoms with Crippen molar-refractivity contribution >= 4 is 32.6 Å². The molecule has 2 heteroatoms. The molecule has 0 aliphatic rings. The average Bonchev–Trinajstić information content (AvgIpc) is 2.84. The molecule has 0 aliphatic heterocycles. The fourth-order valence-corrected chi connectivity index (χ4v) is 4.42. The molecule has 146 valence electrons. The predicted octanol–water partition coefficient (Wildman–Crippen LogP) is 7.58. The third kappa shape index (κ3) is 2.88. The molecule has 0 aliphatic carbocycles. The van der Waals surface area contributed by atoms with Crippen molar-refractivity contribution in [2.24, 2.45) is 0 Å². The van der Waals surface area contributed by atoms with Crippen LogP contribution in [-0.4, -0.2) is 9.97 Å². The minimum atomic E-state index is 0.913. The van der Waals surface area contributed by atoms with Gasteiger partial charge >= 0.3 is 0 Å². The molecule has 0 atom stereocenters. The highest BCUT2D eigenvalue weighted by molar-refractivity contribution is 6.23. The molecule has 1 aromatic heterocycles. The molecule has 6 rings (SSSR count). The van der Waals surface area contributed by atoms with Crippen LogP contribution in [0.5, 0.6) is 0 Å². The van der Waals surface area contributed by atoms with Crippen molar-refractivity contribution in [1.29, 1.82) is 0 Å². The second-order valence-electron chi connectivity index (χ2n) is 7.94. The Morgan fingerprint density at radius 3 is 1.52 bits per heavy atom. The van der Waals surface area contributed by atoms with Crippen molar-refractivity contribution in [3.05, 3.63) is 109 Å². The van der Waals surface area contributed by atoms with E-state index < -0.39 is 0 Å². The van der Waals surface area contributed by atoms with Gasteiger partial charge in [-0.15, -0.1) is 0 Å². The van der Waals surface area contributed by atoms with E-state index in [0.29, 0.717) is 0 Å². The maximum atomic E-state index is 5.27. The molecule has 0 amide bonds. The fourth-order valence-electron chi connectivity index (χ4n) is 4.42. The summed E-state index contributed by atoms with van der Waals surface area (Å²) in [6, 6.07) is 35.8. The zero-order valence-corrected chi connectivity index (χ0v) is 17.2. The molecule has 1 heterocycles. The Morgan fingerprint density at radius 1 is 0.452 bits per heavy atom. The summed E-state index contributed by atoms with van der Waals surface area (Å²) in [5.74, 6) is 0. The summed E-state index contributed by atoms with van der Waals surface area (Å²) >= 11 is 0. The van der Waals surface area contributed by atoms with E-state index in [-0.39, 0.29) is 0 Å². The first kappa shape index (κ1) is 17.8. The van der Waals surface area contributed by atoms with E-state index in [1.54, 1.807) is 0 Å². The van der Waals surface area contributed by atoms with E-state index in [4.69, 9.17) is 9.97 Å². The number of aromatic nitrogens is 2. The lowest BCUT2D eigenvalue weighted by Crippen LogP contribution is -1.97. The molecule has 0 N–H and O–H groups in total. The van der Waals surface area contributed by atoms with Gasteiger partial charge in [-0.3, -0.25) is 0 Å². The maximum Gasteiger partial charge on any atom is 0.0979 e. The smallest absolute Gasteiger partial charge is 0.0979 e. The minimum Gasteiger partial charge on any atom is -0.243 e. The van der Waals surface area contributed by atoms with Gasteiger partial charge in [0.05, 0.1) is 22.4 Å². The third-order valence-electron chi connectivity index (χ3n) is 5.89. The number of aryl methyl sites for hydroxylation is 1. The molecule has 0 saturated heterocycles. The van der Waals surface area contributed by atoms with Crippen LogP contribution >= 0.6 is 0 Å². The summed E-state index contributed by atoms with van der Waals surface area (Å²) in [5.41, 5.74) is 7.12. The van der Waals surface area contributed by atoms with Crippen LogP contribution < -0.4 is 0 Å². The summed E-state index contributed by atoms with van der Waals surface area (Å²) in [6.07, 6.45) is 0. The monoisotopic (exact) mass is 396 g/mol. The van der Waals surface area contributed by atoms with Gasteiger partial charge in [-0.1, -0.05) is 109 Å². The highest BCUT2D eigenvalue weighted by Gasteiger charge is 2.17. The van der Waals surface area contributed by atoms with Crippen LogP contribution in [0.25, 0.3) is 55.1 Å². The van der Waals surface area contributed by atoms with Gasteiger partial charge < -0.3 is 0 Å². The van der Waals surface area contributed by atoms with Gasteiger partial charge in [0, 0.05) is 21.9 Å². The highest BCUT2D eigenvalue weighted by atomic mass is 14.8. The minimum absolute atomic E-state index is 0.913. The molecule has 0 fully saturated rings. The van der Waals surface area contributed by atoms with Crippen LogP contribution in [0.4, 0.5) is 0 Å². The molecule has 0 unspecified atom stereocenters. The van der Waals surface area contributed by atoms with E-state index in [9.17, 15) is 0 Å². The van der Waals surface area contributed by atoms with E-state index >= 15 is 0 Å². The summed E-state index contributed by atoms with van der Waals surface area (Å²) in [6.45, 7) is 2.14. The number of nitrogens with zero attached hydrogens (tertiary/aromatic N) is 2. The molecule has 5 aromatic carbocycles. The second kappa shape index (κ2) is 7.03. The summed E-state index contributed by atoms with van der Waals surface area (Å²) in [4.78, 5) is 10.5. The summed E-state index contributed by atoms with van der Waals surface area (Å²) < 4.78 is 0.